The zero-order valence-corrected chi connectivity index (χ0v) is 17.5. The number of rotatable bonds is 1. The summed E-state index contributed by atoms with van der Waals surface area (Å²) in [6.45, 7) is 3.78. The topological polar surface area (TPSA) is 116 Å². The Labute approximate surface area is 164 Å². The molecule has 3 rings (SSSR count). The van der Waals surface area contributed by atoms with E-state index >= 15 is 0 Å². The van der Waals surface area contributed by atoms with Crippen LogP contribution < -0.4 is 15.4 Å². The van der Waals surface area contributed by atoms with Gasteiger partial charge in [0.15, 0.2) is 0 Å². The third kappa shape index (κ3) is 4.52. The van der Waals surface area contributed by atoms with Crippen molar-refractivity contribution < 1.29 is 13.5 Å². The van der Waals surface area contributed by atoms with Gasteiger partial charge in [0.25, 0.3) is 0 Å². The number of halogens is 1. The molecule has 0 spiro atoms. The Bertz CT molecular complexity index is 895. The molecule has 26 heavy (non-hydrogen) atoms. The zero-order valence-electron chi connectivity index (χ0n) is 14.3. The lowest BCUT2D eigenvalue weighted by molar-refractivity contribution is 0.0425. The Hall–Kier alpha value is -1.27. The van der Waals surface area contributed by atoms with E-state index in [-0.39, 0.29) is 4.21 Å². The van der Waals surface area contributed by atoms with Crippen LogP contribution in [0.1, 0.15) is 26.7 Å². The monoisotopic (exact) mass is 461 g/mol. The molecule has 0 saturated heterocycles. The molecule has 4 bridgehead atoms. The second-order valence-corrected chi connectivity index (χ2v) is 10.3. The van der Waals surface area contributed by atoms with Crippen LogP contribution >= 0.6 is 27.3 Å². The highest BCUT2D eigenvalue weighted by Crippen LogP contribution is 2.28. The van der Waals surface area contributed by atoms with Gasteiger partial charge in [0.2, 0.25) is 16.0 Å². The van der Waals surface area contributed by atoms with Gasteiger partial charge in [-0.25, -0.2) is 18.1 Å². The highest BCUT2D eigenvalue weighted by molar-refractivity contribution is 9.10. The number of nitrogens with zero attached hydrogens (tertiary/aromatic N) is 2. The molecule has 11 heteroatoms. The molecule has 142 valence electrons. The van der Waals surface area contributed by atoms with E-state index in [0.29, 0.717) is 36.8 Å². The van der Waals surface area contributed by atoms with E-state index in [9.17, 15) is 13.5 Å². The van der Waals surface area contributed by atoms with Gasteiger partial charge in [-0.15, -0.1) is 11.3 Å². The lowest BCUT2D eigenvalue weighted by atomic mass is 9.95. The number of hydrogen-bond acceptors (Lipinski definition) is 8. The molecule has 1 aliphatic rings. The fraction of sp³-hybridized carbons (Fsp3) is 0.467. The summed E-state index contributed by atoms with van der Waals surface area (Å²) in [6, 6.07) is 0.916. The maximum absolute atomic E-state index is 12.7. The van der Waals surface area contributed by atoms with Gasteiger partial charge in [-0.05, 0) is 48.7 Å². The fourth-order valence-corrected chi connectivity index (χ4v) is 5.39. The number of hydrogen-bond donors (Lipinski definition) is 4. The van der Waals surface area contributed by atoms with Gasteiger partial charge in [-0.2, -0.15) is 4.98 Å². The minimum Gasteiger partial charge on any atom is -0.389 e. The van der Waals surface area contributed by atoms with E-state index in [1.807, 2.05) is 0 Å². The number of anilines is 3. The van der Waals surface area contributed by atoms with Gasteiger partial charge < -0.3 is 15.7 Å². The van der Waals surface area contributed by atoms with E-state index in [1.165, 1.54) is 6.07 Å². The minimum atomic E-state index is -3.74. The number of aliphatic hydroxyl groups is 1. The highest BCUT2D eigenvalue weighted by atomic mass is 79.9. The number of thiophene rings is 1. The molecular weight excluding hydrogens is 442 g/mol. The van der Waals surface area contributed by atoms with Gasteiger partial charge in [0.1, 0.15) is 10.0 Å². The quantitative estimate of drug-likeness (QED) is 0.515. The first-order valence-corrected chi connectivity index (χ1v) is 11.2. The highest BCUT2D eigenvalue weighted by Gasteiger charge is 2.31. The Morgan fingerprint density at radius 2 is 2.19 bits per heavy atom. The van der Waals surface area contributed by atoms with Crippen molar-refractivity contribution in [1.82, 2.24) is 14.7 Å². The van der Waals surface area contributed by atoms with E-state index < -0.39 is 21.7 Å². The van der Waals surface area contributed by atoms with Crippen molar-refractivity contribution in [3.63, 3.8) is 0 Å². The smallest absolute Gasteiger partial charge is 0.250 e. The zero-order chi connectivity index (χ0) is 18.9. The number of sulfonamides is 1. The Morgan fingerprint density at radius 1 is 1.42 bits per heavy atom. The molecule has 1 unspecified atom stereocenters. The molecule has 0 aromatic carbocycles. The van der Waals surface area contributed by atoms with E-state index in [1.54, 1.807) is 25.4 Å². The van der Waals surface area contributed by atoms with Crippen LogP contribution in [0.4, 0.5) is 17.5 Å². The predicted molar refractivity (Wildman–Crippen MR) is 105 cm³/mol. The van der Waals surface area contributed by atoms with Crippen LogP contribution in [0.25, 0.3) is 0 Å². The number of nitrogens with one attached hydrogen (secondary N) is 3. The molecule has 0 aliphatic carbocycles. The van der Waals surface area contributed by atoms with Crippen LogP contribution in [0.5, 0.6) is 0 Å². The van der Waals surface area contributed by atoms with Gasteiger partial charge in [-0.3, -0.25) is 0 Å². The SMILES string of the molecule is CC(C)(O)C1CCCNc2nc(ncc2Br)Nc2csc(c2)S(=O)(=O)N1. The summed E-state index contributed by atoms with van der Waals surface area (Å²) in [5.74, 6) is 1.02. The van der Waals surface area contributed by atoms with Crippen LogP contribution in [0.3, 0.4) is 0 Å². The third-order valence-electron chi connectivity index (χ3n) is 3.95. The molecule has 3 heterocycles. The summed E-state index contributed by atoms with van der Waals surface area (Å²) in [7, 11) is -3.74. The Balaban J connectivity index is 1.98. The molecule has 2 aromatic rings. The van der Waals surface area contributed by atoms with Crippen molar-refractivity contribution in [2.45, 2.75) is 42.5 Å². The van der Waals surface area contributed by atoms with Crippen molar-refractivity contribution in [2.24, 2.45) is 0 Å². The van der Waals surface area contributed by atoms with Gasteiger partial charge in [0.05, 0.1) is 21.8 Å². The normalized spacial score (nSPS) is 20.5. The first-order chi connectivity index (χ1) is 12.1. The first-order valence-electron chi connectivity index (χ1n) is 8.02. The Kier molecular flexibility index (Phi) is 5.54. The predicted octanol–water partition coefficient (Wildman–Crippen LogP) is 2.67. The number of aromatic nitrogens is 2. The standard InChI is InChI=1S/C15H20BrN5O3S2/c1-15(2,22)11-4-3-5-17-13-10(16)7-18-14(20-13)19-9-6-12(25-8-9)26(23,24)21-11/h6-8,11,21-22H,3-5H2,1-2H3,(H2,17,18,19,20). The fourth-order valence-electron chi connectivity index (χ4n) is 2.52. The number of fused-ring (bicyclic) bond motifs is 4. The summed E-state index contributed by atoms with van der Waals surface area (Å²) in [4.78, 5) is 8.60. The average molecular weight is 462 g/mol. The summed E-state index contributed by atoms with van der Waals surface area (Å²) in [5.41, 5.74) is -0.606. The van der Waals surface area contributed by atoms with E-state index in [2.05, 4.69) is 41.3 Å². The third-order valence-corrected chi connectivity index (χ3v) is 7.44. The van der Waals surface area contributed by atoms with Crippen molar-refractivity contribution >= 4 is 54.7 Å². The molecule has 4 N–H and O–H groups in total. The van der Waals surface area contributed by atoms with Crippen LogP contribution in [-0.2, 0) is 10.0 Å². The van der Waals surface area contributed by atoms with Gasteiger partial charge >= 0.3 is 0 Å². The van der Waals surface area contributed by atoms with Gasteiger partial charge in [0, 0.05) is 18.1 Å². The van der Waals surface area contributed by atoms with Crippen LogP contribution in [0, 0.1) is 0 Å². The first kappa shape index (κ1) is 19.5. The van der Waals surface area contributed by atoms with Crippen molar-refractivity contribution in [3.05, 3.63) is 22.1 Å². The molecule has 8 nitrogen and oxygen atoms in total. The molecule has 0 amide bonds. The van der Waals surface area contributed by atoms with Crippen molar-refractivity contribution in [2.75, 3.05) is 17.2 Å². The lowest BCUT2D eigenvalue weighted by Crippen LogP contribution is -2.49. The molecule has 1 aliphatic heterocycles. The van der Waals surface area contributed by atoms with Crippen molar-refractivity contribution in [1.29, 1.82) is 0 Å². The summed E-state index contributed by atoms with van der Waals surface area (Å²) in [5, 5.41) is 18.3. The second kappa shape index (κ2) is 7.39. The maximum atomic E-state index is 12.7. The van der Waals surface area contributed by atoms with Crippen molar-refractivity contribution in [3.8, 4) is 0 Å². The van der Waals surface area contributed by atoms with E-state index in [4.69, 9.17) is 0 Å². The molecule has 0 fully saturated rings. The average Bonchev–Trinajstić information content (AvgIpc) is 3.00. The lowest BCUT2D eigenvalue weighted by Gasteiger charge is -2.30. The van der Waals surface area contributed by atoms with E-state index in [0.717, 1.165) is 15.8 Å². The molecule has 1 atom stereocenters. The minimum absolute atomic E-state index is 0.168. The van der Waals surface area contributed by atoms with Gasteiger partial charge in [-0.1, -0.05) is 0 Å². The Morgan fingerprint density at radius 3 is 2.92 bits per heavy atom. The molecule has 0 radical (unpaired) electrons. The summed E-state index contributed by atoms with van der Waals surface area (Å²) >= 11 is 4.51. The molecular formula is C15H20BrN5O3S2. The largest absolute Gasteiger partial charge is 0.389 e. The molecule has 2 aromatic heterocycles. The van der Waals surface area contributed by atoms with Crippen LogP contribution in [0.15, 0.2) is 26.3 Å². The van der Waals surface area contributed by atoms with Crippen LogP contribution in [-0.4, -0.2) is 41.7 Å². The van der Waals surface area contributed by atoms with Crippen LogP contribution in [0.2, 0.25) is 0 Å². The summed E-state index contributed by atoms with van der Waals surface area (Å²) < 4.78 is 28.9. The second-order valence-electron chi connectivity index (χ2n) is 6.57. The summed E-state index contributed by atoms with van der Waals surface area (Å²) in [6.07, 6.45) is 2.75. The maximum Gasteiger partial charge on any atom is 0.250 e. The molecule has 0 saturated carbocycles.